The van der Waals surface area contributed by atoms with Gasteiger partial charge in [0.25, 0.3) is 0 Å². The Balaban J connectivity index is 0.000000328. The lowest BCUT2D eigenvalue weighted by molar-refractivity contribution is 0.0979. The number of rotatable bonds is 0. The molecule has 1 aliphatic rings. The molecule has 0 aliphatic heterocycles. The van der Waals surface area contributed by atoms with Crippen LogP contribution in [0.5, 0.6) is 0 Å². The minimum absolute atomic E-state index is 0.0641. The van der Waals surface area contributed by atoms with Crippen molar-refractivity contribution in [3.63, 3.8) is 0 Å². The van der Waals surface area contributed by atoms with E-state index in [9.17, 15) is 9.59 Å². The van der Waals surface area contributed by atoms with Crippen LogP contribution in [0.3, 0.4) is 0 Å². The van der Waals surface area contributed by atoms with Gasteiger partial charge >= 0.3 is 8.60 Å². The summed E-state index contributed by atoms with van der Waals surface area (Å²) in [5, 5.41) is 0. The molecule has 6 heteroatoms. The zero-order valence-corrected chi connectivity index (χ0v) is 11.1. The molecule has 1 aliphatic carbocycles. The summed E-state index contributed by atoms with van der Waals surface area (Å²) < 4.78 is 0. The van der Waals surface area contributed by atoms with Crippen molar-refractivity contribution >= 4 is 20.2 Å². The first-order valence-corrected chi connectivity index (χ1v) is 6.86. The molecule has 3 rings (SSSR count). The summed E-state index contributed by atoms with van der Waals surface area (Å²) in [6, 6.07) is 13.9. The molecule has 0 atom stereocenters. The zero-order chi connectivity index (χ0) is 14.7. The molecule has 0 bridgehead atoms. The van der Waals surface area contributed by atoms with E-state index in [0.717, 1.165) is 0 Å². The zero-order valence-electron chi connectivity index (χ0n) is 10.2. The van der Waals surface area contributed by atoms with E-state index in [4.69, 9.17) is 14.7 Å². The van der Waals surface area contributed by atoms with Crippen molar-refractivity contribution in [2.45, 2.75) is 0 Å². The smallest absolute Gasteiger partial charge is 0.324 e. The highest BCUT2D eigenvalue weighted by Crippen LogP contribution is 2.26. The van der Waals surface area contributed by atoms with Crippen molar-refractivity contribution in [2.75, 3.05) is 0 Å². The predicted octanol–water partition coefficient (Wildman–Crippen LogP) is 1.65. The summed E-state index contributed by atoms with van der Waals surface area (Å²) in [6.45, 7) is 0. The summed E-state index contributed by atoms with van der Waals surface area (Å²) in [7, 11) is -2.62. The highest BCUT2D eigenvalue weighted by atomic mass is 31.2. The molecular formula is C14H11O5P. The molecule has 0 heterocycles. The van der Waals surface area contributed by atoms with Crippen LogP contribution in [0.1, 0.15) is 31.8 Å². The Morgan fingerprint density at radius 1 is 0.600 bits per heavy atom. The van der Waals surface area contributed by atoms with Crippen LogP contribution in [0.2, 0.25) is 0 Å². The second-order valence-corrected chi connectivity index (χ2v) is 4.55. The van der Waals surface area contributed by atoms with E-state index in [0.29, 0.717) is 22.3 Å². The highest BCUT2D eigenvalue weighted by Gasteiger charge is 2.28. The number of hydrogen-bond acceptors (Lipinski definition) is 5. The molecule has 0 unspecified atom stereocenters. The van der Waals surface area contributed by atoms with Crippen LogP contribution in [-0.4, -0.2) is 26.2 Å². The lowest BCUT2D eigenvalue weighted by Gasteiger charge is -2.16. The predicted molar refractivity (Wildman–Crippen MR) is 73.3 cm³/mol. The van der Waals surface area contributed by atoms with Crippen LogP contribution in [0, 0.1) is 0 Å². The summed E-state index contributed by atoms with van der Waals surface area (Å²) in [5.74, 6) is -0.128. The number of ketones is 2. The van der Waals surface area contributed by atoms with Gasteiger partial charge in [-0.1, -0.05) is 48.5 Å². The molecule has 0 saturated carbocycles. The maximum Gasteiger partial charge on any atom is 0.324 e. The van der Waals surface area contributed by atoms with Crippen LogP contribution in [0.15, 0.2) is 48.5 Å². The first kappa shape index (κ1) is 14.5. The van der Waals surface area contributed by atoms with Crippen LogP contribution in [-0.2, 0) is 0 Å². The summed E-state index contributed by atoms with van der Waals surface area (Å²) in [4.78, 5) is 45.9. The van der Waals surface area contributed by atoms with Crippen molar-refractivity contribution in [1.29, 1.82) is 0 Å². The number of hydrogen-bond donors (Lipinski definition) is 3. The topological polar surface area (TPSA) is 94.8 Å². The molecule has 0 amide bonds. The van der Waals surface area contributed by atoms with Gasteiger partial charge in [0.1, 0.15) is 0 Å². The van der Waals surface area contributed by atoms with E-state index in [1.165, 1.54) is 0 Å². The third-order valence-electron chi connectivity index (χ3n) is 2.83. The van der Waals surface area contributed by atoms with Crippen LogP contribution in [0.4, 0.5) is 0 Å². The van der Waals surface area contributed by atoms with Crippen molar-refractivity contribution in [3.05, 3.63) is 70.8 Å². The van der Waals surface area contributed by atoms with Crippen LogP contribution < -0.4 is 0 Å². The number of benzene rings is 2. The molecule has 3 N–H and O–H groups in total. The van der Waals surface area contributed by atoms with E-state index in [-0.39, 0.29) is 11.6 Å². The molecule has 0 aromatic heterocycles. The fourth-order valence-electron chi connectivity index (χ4n) is 2.05. The van der Waals surface area contributed by atoms with Gasteiger partial charge in [0, 0.05) is 22.3 Å². The molecule has 0 fully saturated rings. The van der Waals surface area contributed by atoms with Gasteiger partial charge in [0.05, 0.1) is 0 Å². The van der Waals surface area contributed by atoms with E-state index in [2.05, 4.69) is 0 Å². The second-order valence-electron chi connectivity index (χ2n) is 4.02. The Morgan fingerprint density at radius 3 is 1.00 bits per heavy atom. The first-order chi connectivity index (χ1) is 9.52. The average molecular weight is 290 g/mol. The number of fused-ring (bicyclic) bond motifs is 2. The molecule has 5 nitrogen and oxygen atoms in total. The van der Waals surface area contributed by atoms with Gasteiger partial charge in [-0.3, -0.25) is 9.59 Å². The quantitative estimate of drug-likeness (QED) is 0.547. The average Bonchev–Trinajstić information content (AvgIpc) is 2.44. The van der Waals surface area contributed by atoms with Crippen molar-refractivity contribution in [1.82, 2.24) is 0 Å². The molecular weight excluding hydrogens is 279 g/mol. The minimum atomic E-state index is -2.62. The molecule has 0 spiro atoms. The standard InChI is InChI=1S/C14H8O2.H3O3P/c15-13-9-5-1-2-6-10(9)14(16)12-8-4-3-7-11(12)13;1-4(2)3/h1-8H;1-3H. The van der Waals surface area contributed by atoms with Crippen molar-refractivity contribution in [3.8, 4) is 0 Å². The van der Waals surface area contributed by atoms with Crippen LogP contribution in [0.25, 0.3) is 0 Å². The maximum absolute atomic E-state index is 12.1. The van der Waals surface area contributed by atoms with Crippen LogP contribution >= 0.6 is 8.60 Å². The van der Waals surface area contributed by atoms with E-state index >= 15 is 0 Å². The Bertz CT molecular complexity index is 558. The Labute approximate surface area is 116 Å². The van der Waals surface area contributed by atoms with Gasteiger partial charge < -0.3 is 14.7 Å². The van der Waals surface area contributed by atoms with Gasteiger partial charge in [-0.15, -0.1) is 0 Å². The molecule has 2 aromatic carbocycles. The number of carbonyl (C=O) groups is 2. The fourth-order valence-corrected chi connectivity index (χ4v) is 2.05. The third-order valence-corrected chi connectivity index (χ3v) is 2.83. The number of carbonyl (C=O) groups excluding carboxylic acids is 2. The van der Waals surface area contributed by atoms with E-state index in [1.54, 1.807) is 48.5 Å². The third kappa shape index (κ3) is 2.81. The van der Waals surface area contributed by atoms with Gasteiger partial charge in [0.2, 0.25) is 0 Å². The van der Waals surface area contributed by atoms with Gasteiger partial charge in [-0.2, -0.15) is 0 Å². The van der Waals surface area contributed by atoms with Gasteiger partial charge in [-0.25, -0.2) is 0 Å². The monoisotopic (exact) mass is 290 g/mol. The Kier molecular flexibility index (Phi) is 4.37. The molecule has 0 saturated heterocycles. The normalized spacial score (nSPS) is 12.4. The SMILES string of the molecule is O=C1c2ccccc2C(=O)c2ccccc21.OP(O)O. The van der Waals surface area contributed by atoms with E-state index < -0.39 is 8.60 Å². The highest BCUT2D eigenvalue weighted by molar-refractivity contribution is 7.38. The lowest BCUT2D eigenvalue weighted by Crippen LogP contribution is -2.20. The summed E-state index contributed by atoms with van der Waals surface area (Å²) in [5.41, 5.74) is 2.02. The molecule has 2 aromatic rings. The second kappa shape index (κ2) is 6.03. The maximum atomic E-state index is 12.1. The fraction of sp³-hybridized carbons (Fsp3) is 0. The Hall–Kier alpha value is -1.91. The van der Waals surface area contributed by atoms with Gasteiger partial charge in [-0.05, 0) is 0 Å². The largest absolute Gasteiger partial charge is 0.328 e. The summed E-state index contributed by atoms with van der Waals surface area (Å²) >= 11 is 0. The lowest BCUT2D eigenvalue weighted by atomic mass is 9.84. The summed E-state index contributed by atoms with van der Waals surface area (Å²) in [6.07, 6.45) is 0. The van der Waals surface area contributed by atoms with Gasteiger partial charge in [0.15, 0.2) is 11.6 Å². The van der Waals surface area contributed by atoms with E-state index in [1.807, 2.05) is 0 Å². The molecule has 102 valence electrons. The van der Waals surface area contributed by atoms with Crippen molar-refractivity contribution in [2.24, 2.45) is 0 Å². The first-order valence-electron chi connectivity index (χ1n) is 5.66. The minimum Gasteiger partial charge on any atom is -0.328 e. The van der Waals surface area contributed by atoms with Crippen molar-refractivity contribution < 1.29 is 24.3 Å². The Morgan fingerprint density at radius 2 is 0.800 bits per heavy atom. The molecule has 0 radical (unpaired) electrons. The molecule has 20 heavy (non-hydrogen) atoms.